The van der Waals surface area contributed by atoms with Crippen LogP contribution in [0.3, 0.4) is 0 Å². The fourth-order valence-electron chi connectivity index (χ4n) is 3.43. The molecule has 0 amide bonds. The summed E-state index contributed by atoms with van der Waals surface area (Å²) in [6.07, 6.45) is 0. The first-order chi connectivity index (χ1) is 18.2. The van der Waals surface area contributed by atoms with Crippen LogP contribution in [0.2, 0.25) is 0 Å². The van der Waals surface area contributed by atoms with Gasteiger partial charge in [-0.2, -0.15) is 0 Å². The molecule has 0 fully saturated rings. The number of nitro benzene ring substituents is 2. The number of para-hydroxylation sites is 2. The average molecular weight is 642 g/mol. The summed E-state index contributed by atoms with van der Waals surface area (Å²) in [7, 11) is 0. The highest BCUT2D eigenvalue weighted by molar-refractivity contribution is 9.11. The van der Waals surface area contributed by atoms with Gasteiger partial charge in [0.15, 0.2) is 0 Å². The van der Waals surface area contributed by atoms with Gasteiger partial charge in [-0.1, -0.05) is 36.4 Å². The van der Waals surface area contributed by atoms with E-state index in [2.05, 4.69) is 31.9 Å². The van der Waals surface area contributed by atoms with Crippen LogP contribution < -0.4 is 9.47 Å². The van der Waals surface area contributed by atoms with Crippen molar-refractivity contribution in [3.8, 4) is 22.6 Å². The van der Waals surface area contributed by atoms with Gasteiger partial charge in [0, 0.05) is 23.3 Å². The van der Waals surface area contributed by atoms with E-state index in [9.17, 15) is 29.8 Å². The van der Waals surface area contributed by atoms with Crippen molar-refractivity contribution >= 4 is 55.2 Å². The Bertz CT molecular complexity index is 1490. The zero-order chi connectivity index (χ0) is 27.4. The molecule has 4 rings (SSSR count). The maximum Gasteiger partial charge on any atom is 0.343 e. The summed E-state index contributed by atoms with van der Waals surface area (Å²) in [4.78, 5) is 46.9. The highest BCUT2D eigenvalue weighted by Gasteiger charge is 2.21. The largest absolute Gasteiger partial charge is 0.422 e. The van der Waals surface area contributed by atoms with Crippen LogP contribution in [0.1, 0.15) is 20.7 Å². The third-order valence-corrected chi connectivity index (χ3v) is 6.57. The zero-order valence-electron chi connectivity index (χ0n) is 19.0. The molecule has 4 aromatic rings. The Labute approximate surface area is 231 Å². The Morgan fingerprint density at radius 1 is 0.605 bits per heavy atom. The Morgan fingerprint density at radius 2 is 0.974 bits per heavy atom. The van der Waals surface area contributed by atoms with E-state index in [-0.39, 0.29) is 42.9 Å². The van der Waals surface area contributed by atoms with Gasteiger partial charge in [0.25, 0.3) is 11.4 Å². The molecule has 0 N–H and O–H groups in total. The molecule has 0 saturated heterocycles. The number of hydrogen-bond donors (Lipinski definition) is 0. The Hall–Kier alpha value is -4.42. The average Bonchev–Trinajstić information content (AvgIpc) is 2.89. The van der Waals surface area contributed by atoms with Gasteiger partial charge in [-0.05, 0) is 68.3 Å². The summed E-state index contributed by atoms with van der Waals surface area (Å²) >= 11 is 6.15. The van der Waals surface area contributed by atoms with Crippen molar-refractivity contribution < 1.29 is 28.9 Å². The smallest absolute Gasteiger partial charge is 0.343 e. The van der Waals surface area contributed by atoms with Gasteiger partial charge in [0.2, 0.25) is 0 Å². The molecule has 4 aromatic carbocycles. The molecule has 0 aliphatic rings. The van der Waals surface area contributed by atoms with E-state index >= 15 is 0 Å². The normalized spacial score (nSPS) is 10.5. The molecule has 0 radical (unpaired) electrons. The molecule has 12 heteroatoms. The molecule has 0 heterocycles. The summed E-state index contributed by atoms with van der Waals surface area (Å²) < 4.78 is 11.6. The first-order valence-electron chi connectivity index (χ1n) is 10.7. The van der Waals surface area contributed by atoms with E-state index in [1.54, 1.807) is 36.4 Å². The monoisotopic (exact) mass is 640 g/mol. The van der Waals surface area contributed by atoms with Crippen molar-refractivity contribution in [1.82, 2.24) is 0 Å². The molecule has 0 aromatic heterocycles. The summed E-state index contributed by atoms with van der Waals surface area (Å²) in [5, 5.41) is 22.5. The van der Waals surface area contributed by atoms with Crippen LogP contribution >= 0.6 is 31.9 Å². The molecule has 0 unspecified atom stereocenters. The van der Waals surface area contributed by atoms with Crippen LogP contribution in [-0.4, -0.2) is 21.8 Å². The first kappa shape index (κ1) is 26.6. The van der Waals surface area contributed by atoms with Crippen molar-refractivity contribution in [3.63, 3.8) is 0 Å². The maximum absolute atomic E-state index is 12.8. The predicted octanol–water partition coefficient (Wildman–Crippen LogP) is 7.13. The summed E-state index contributed by atoms with van der Waals surface area (Å²) in [6, 6.07) is 20.7. The first-order valence-corrected chi connectivity index (χ1v) is 12.2. The van der Waals surface area contributed by atoms with Crippen molar-refractivity contribution in [1.29, 1.82) is 0 Å². The zero-order valence-corrected chi connectivity index (χ0v) is 22.2. The number of benzene rings is 4. The number of rotatable bonds is 7. The molecule has 0 aliphatic carbocycles. The van der Waals surface area contributed by atoms with Crippen LogP contribution in [0.5, 0.6) is 11.5 Å². The summed E-state index contributed by atoms with van der Waals surface area (Å²) in [5.74, 6) is -1.42. The number of ether oxygens (including phenoxy) is 2. The Balaban J connectivity index is 1.65. The van der Waals surface area contributed by atoms with Gasteiger partial charge in [-0.3, -0.25) is 20.2 Å². The number of carbonyl (C=O) groups excluding carboxylic acids is 2. The third kappa shape index (κ3) is 5.76. The number of nitro groups is 2. The van der Waals surface area contributed by atoms with Crippen LogP contribution in [0, 0.1) is 20.2 Å². The Kier molecular flexibility index (Phi) is 7.93. The summed E-state index contributed by atoms with van der Waals surface area (Å²) in [6.45, 7) is 0. The Morgan fingerprint density at radius 3 is 1.34 bits per heavy atom. The lowest BCUT2D eigenvalue weighted by atomic mass is 10.0. The number of nitrogens with zero attached hydrogens (tertiary/aromatic N) is 2. The van der Waals surface area contributed by atoms with Crippen LogP contribution in [0.15, 0.2) is 93.9 Å². The van der Waals surface area contributed by atoms with Gasteiger partial charge < -0.3 is 9.47 Å². The molecule has 0 bridgehead atoms. The van der Waals surface area contributed by atoms with Crippen LogP contribution in [0.4, 0.5) is 11.4 Å². The van der Waals surface area contributed by atoms with Gasteiger partial charge in [0.05, 0.1) is 29.9 Å². The highest BCUT2D eigenvalue weighted by atomic mass is 79.9. The van der Waals surface area contributed by atoms with E-state index in [4.69, 9.17) is 9.47 Å². The number of halogens is 2. The predicted molar refractivity (Wildman–Crippen MR) is 143 cm³/mol. The van der Waals surface area contributed by atoms with Crippen molar-refractivity contribution in [2.24, 2.45) is 0 Å². The number of carbonyl (C=O) groups is 2. The molecule has 0 saturated carbocycles. The lowest BCUT2D eigenvalue weighted by Crippen LogP contribution is -2.11. The van der Waals surface area contributed by atoms with Gasteiger partial charge in [0.1, 0.15) is 11.5 Å². The number of esters is 2. The van der Waals surface area contributed by atoms with Crippen molar-refractivity contribution in [2.75, 3.05) is 0 Å². The lowest BCUT2D eigenvalue weighted by molar-refractivity contribution is -0.385. The van der Waals surface area contributed by atoms with E-state index in [0.29, 0.717) is 11.1 Å². The summed E-state index contributed by atoms with van der Waals surface area (Å²) in [5.41, 5.74) is 0.143. The molecule has 0 aliphatic heterocycles. The minimum atomic E-state index is -0.829. The molecule has 0 spiro atoms. The topological polar surface area (TPSA) is 139 Å². The number of hydrogen-bond acceptors (Lipinski definition) is 8. The maximum atomic E-state index is 12.8. The highest BCUT2D eigenvalue weighted by Crippen LogP contribution is 2.37. The van der Waals surface area contributed by atoms with Crippen molar-refractivity contribution in [2.45, 2.75) is 0 Å². The SMILES string of the molecule is O=C(Oc1ccccc1-c1ccccc1OC(=O)c1ccc(Br)c([N+](=O)[O-])c1)c1ccc(Br)c([N+](=O)[O-])c1. The minimum absolute atomic E-state index is 0.0359. The molecule has 38 heavy (non-hydrogen) atoms. The van der Waals surface area contributed by atoms with Crippen molar-refractivity contribution in [3.05, 3.63) is 125 Å². The lowest BCUT2D eigenvalue weighted by Gasteiger charge is -2.14. The van der Waals surface area contributed by atoms with E-state index in [0.717, 1.165) is 12.1 Å². The van der Waals surface area contributed by atoms with E-state index in [1.165, 1.54) is 36.4 Å². The van der Waals surface area contributed by atoms with Gasteiger partial charge in [-0.25, -0.2) is 9.59 Å². The molecular weight excluding hydrogens is 628 g/mol. The van der Waals surface area contributed by atoms with E-state index in [1.807, 2.05) is 0 Å². The quantitative estimate of drug-likeness (QED) is 0.0898. The molecule has 190 valence electrons. The van der Waals surface area contributed by atoms with E-state index < -0.39 is 21.8 Å². The third-order valence-electron chi connectivity index (χ3n) is 5.23. The molecule has 0 atom stereocenters. The van der Waals surface area contributed by atoms with Crippen LogP contribution in [0.25, 0.3) is 11.1 Å². The second-order valence-corrected chi connectivity index (χ2v) is 9.33. The molecule has 10 nitrogen and oxygen atoms in total. The minimum Gasteiger partial charge on any atom is -0.422 e. The molecular formula is C26H14Br2N2O8. The standard InChI is InChI=1S/C26H14Br2N2O8/c27-19-11-9-15(13-21(19)29(33)34)25(31)37-23-7-3-1-5-17(23)18-6-2-4-8-24(18)38-26(32)16-10-12-20(28)22(14-16)30(35)36/h1-14H. The second-order valence-electron chi connectivity index (χ2n) is 7.62. The van der Waals surface area contributed by atoms with Crippen LogP contribution in [-0.2, 0) is 0 Å². The van der Waals surface area contributed by atoms with Gasteiger partial charge >= 0.3 is 11.9 Å². The fraction of sp³-hybridized carbons (Fsp3) is 0. The van der Waals surface area contributed by atoms with Gasteiger partial charge in [-0.15, -0.1) is 0 Å². The second kappa shape index (κ2) is 11.3. The fourth-order valence-corrected chi connectivity index (χ4v) is 4.22.